The lowest BCUT2D eigenvalue weighted by molar-refractivity contribution is -0.151. The van der Waals surface area contributed by atoms with Gasteiger partial charge in [-0.1, -0.05) is 37.6 Å². The molecule has 2 aromatic carbocycles. The van der Waals surface area contributed by atoms with Crippen molar-refractivity contribution in [3.8, 4) is 0 Å². The number of anilines is 2. The third-order valence-electron chi connectivity index (χ3n) is 5.75. The first kappa shape index (κ1) is 22.5. The van der Waals surface area contributed by atoms with Crippen LogP contribution in [0, 0.1) is 19.8 Å². The number of ether oxygens (including phenoxy) is 1. The second-order valence-corrected chi connectivity index (χ2v) is 8.08. The molecule has 0 aromatic heterocycles. The zero-order valence-corrected chi connectivity index (χ0v) is 18.4. The second kappa shape index (κ2) is 10.2. The molecule has 1 fully saturated rings. The molecule has 164 valence electrons. The molecule has 6 nitrogen and oxygen atoms in total. The maximum Gasteiger partial charge on any atom is 0.311 e. The fraction of sp³-hybridized carbons (Fsp3) is 0.400. The van der Waals surface area contributed by atoms with Gasteiger partial charge in [-0.2, -0.15) is 0 Å². The summed E-state index contributed by atoms with van der Waals surface area (Å²) in [7, 11) is 0. The standard InChI is InChI=1S/C25H30N2O4/c1-4-5-8-19-10-12-21(13-11-19)27-15-20(14-24(27)29)25(30)31-16-23(28)26-22-9-6-7-17(2)18(22)3/h6-7,9-13,20H,4-5,8,14-16H2,1-3H3,(H,26,28)/t20-/m1/s1. The van der Waals surface area contributed by atoms with E-state index in [9.17, 15) is 14.4 Å². The molecule has 0 spiro atoms. The Morgan fingerprint density at radius 3 is 2.58 bits per heavy atom. The van der Waals surface area contributed by atoms with Crippen LogP contribution in [0.15, 0.2) is 42.5 Å². The molecule has 1 N–H and O–H groups in total. The molecule has 0 bridgehead atoms. The molecule has 0 aliphatic carbocycles. The third kappa shape index (κ3) is 5.72. The monoisotopic (exact) mass is 422 g/mol. The molecule has 1 atom stereocenters. The van der Waals surface area contributed by atoms with Crippen LogP contribution in [0.1, 0.15) is 42.9 Å². The predicted octanol–water partition coefficient (Wildman–Crippen LogP) is 4.18. The molecule has 1 heterocycles. The summed E-state index contributed by atoms with van der Waals surface area (Å²) in [4.78, 5) is 38.7. The number of hydrogen-bond acceptors (Lipinski definition) is 4. The van der Waals surface area contributed by atoms with Crippen molar-refractivity contribution in [2.45, 2.75) is 46.5 Å². The van der Waals surface area contributed by atoms with Gasteiger partial charge in [0.2, 0.25) is 5.91 Å². The second-order valence-electron chi connectivity index (χ2n) is 8.08. The highest BCUT2D eigenvalue weighted by atomic mass is 16.5. The van der Waals surface area contributed by atoms with E-state index in [4.69, 9.17) is 4.74 Å². The van der Waals surface area contributed by atoms with Gasteiger partial charge in [0.05, 0.1) is 5.92 Å². The van der Waals surface area contributed by atoms with Crippen LogP contribution in [-0.4, -0.2) is 30.9 Å². The maximum atomic E-state index is 12.4. The van der Waals surface area contributed by atoms with Gasteiger partial charge in [-0.3, -0.25) is 14.4 Å². The Kier molecular flexibility index (Phi) is 7.45. The van der Waals surface area contributed by atoms with Crippen LogP contribution in [-0.2, 0) is 25.5 Å². The smallest absolute Gasteiger partial charge is 0.311 e. The average molecular weight is 423 g/mol. The molecule has 3 rings (SSSR count). The summed E-state index contributed by atoms with van der Waals surface area (Å²) in [5, 5.41) is 2.77. The lowest BCUT2D eigenvalue weighted by Crippen LogP contribution is -2.28. The van der Waals surface area contributed by atoms with Crippen LogP contribution in [0.4, 0.5) is 11.4 Å². The number of unbranched alkanes of at least 4 members (excludes halogenated alkanes) is 1. The summed E-state index contributed by atoms with van der Waals surface area (Å²) in [6.45, 7) is 5.94. The van der Waals surface area contributed by atoms with Crippen LogP contribution in [0.3, 0.4) is 0 Å². The van der Waals surface area contributed by atoms with Crippen LogP contribution < -0.4 is 10.2 Å². The number of rotatable bonds is 8. The van der Waals surface area contributed by atoms with E-state index in [1.54, 1.807) is 4.90 Å². The van der Waals surface area contributed by atoms with Gasteiger partial charge in [-0.05, 0) is 61.6 Å². The first-order valence-corrected chi connectivity index (χ1v) is 10.8. The molecule has 1 aliphatic rings. The summed E-state index contributed by atoms with van der Waals surface area (Å²) >= 11 is 0. The van der Waals surface area contributed by atoms with E-state index in [1.165, 1.54) is 5.56 Å². The number of aryl methyl sites for hydroxylation is 2. The Labute approximate surface area is 183 Å². The van der Waals surface area contributed by atoms with Crippen molar-refractivity contribution in [1.29, 1.82) is 0 Å². The van der Waals surface area contributed by atoms with Crippen LogP contribution >= 0.6 is 0 Å². The Bertz CT molecular complexity index is 952. The van der Waals surface area contributed by atoms with Crippen molar-refractivity contribution in [3.63, 3.8) is 0 Å². The van der Waals surface area contributed by atoms with E-state index in [0.29, 0.717) is 5.69 Å². The third-order valence-corrected chi connectivity index (χ3v) is 5.75. The van der Waals surface area contributed by atoms with Crippen LogP contribution in [0.5, 0.6) is 0 Å². The van der Waals surface area contributed by atoms with E-state index >= 15 is 0 Å². The normalized spacial score (nSPS) is 15.8. The molecular formula is C25H30N2O4. The Morgan fingerprint density at radius 2 is 1.87 bits per heavy atom. The minimum absolute atomic E-state index is 0.0923. The molecule has 0 unspecified atom stereocenters. The summed E-state index contributed by atoms with van der Waals surface area (Å²) in [6.07, 6.45) is 3.38. The van der Waals surface area contributed by atoms with Gasteiger partial charge in [0.15, 0.2) is 6.61 Å². The first-order valence-electron chi connectivity index (χ1n) is 10.8. The fourth-order valence-corrected chi connectivity index (χ4v) is 3.67. The highest BCUT2D eigenvalue weighted by molar-refractivity contribution is 6.00. The number of nitrogens with zero attached hydrogens (tertiary/aromatic N) is 1. The number of carbonyl (C=O) groups excluding carboxylic acids is 3. The number of esters is 1. The van der Waals surface area contributed by atoms with Gasteiger partial charge in [-0.15, -0.1) is 0 Å². The zero-order chi connectivity index (χ0) is 22.4. The van der Waals surface area contributed by atoms with Gasteiger partial charge in [-0.25, -0.2) is 0 Å². The van der Waals surface area contributed by atoms with Crippen molar-refractivity contribution in [2.75, 3.05) is 23.4 Å². The summed E-state index contributed by atoms with van der Waals surface area (Å²) in [5.41, 5.74) is 4.76. The van der Waals surface area contributed by atoms with Gasteiger partial charge in [0, 0.05) is 24.3 Å². The van der Waals surface area contributed by atoms with Gasteiger partial charge < -0.3 is 15.0 Å². The number of benzene rings is 2. The van der Waals surface area contributed by atoms with Gasteiger partial charge >= 0.3 is 5.97 Å². The highest BCUT2D eigenvalue weighted by Gasteiger charge is 2.36. The summed E-state index contributed by atoms with van der Waals surface area (Å²) in [5.74, 6) is -1.60. The Hall–Kier alpha value is -3.15. The number of nitrogens with one attached hydrogen (secondary N) is 1. The van der Waals surface area contributed by atoms with Crippen molar-refractivity contribution in [3.05, 3.63) is 59.2 Å². The van der Waals surface area contributed by atoms with Crippen LogP contribution in [0.25, 0.3) is 0 Å². The number of hydrogen-bond donors (Lipinski definition) is 1. The van der Waals surface area contributed by atoms with Crippen molar-refractivity contribution in [1.82, 2.24) is 0 Å². The van der Waals surface area contributed by atoms with Gasteiger partial charge in [0.25, 0.3) is 5.91 Å². The largest absolute Gasteiger partial charge is 0.455 e. The van der Waals surface area contributed by atoms with E-state index in [1.807, 2.05) is 56.3 Å². The van der Waals surface area contributed by atoms with E-state index < -0.39 is 17.8 Å². The van der Waals surface area contributed by atoms with Crippen molar-refractivity contribution >= 4 is 29.2 Å². The Morgan fingerprint density at radius 1 is 1.13 bits per heavy atom. The molecule has 31 heavy (non-hydrogen) atoms. The molecule has 2 aromatic rings. The maximum absolute atomic E-state index is 12.4. The number of amides is 2. The first-order chi connectivity index (χ1) is 14.9. The SMILES string of the molecule is CCCCc1ccc(N2C[C@H](C(=O)OCC(=O)Nc3cccc(C)c3C)CC2=O)cc1. The van der Waals surface area contributed by atoms with Crippen molar-refractivity contribution < 1.29 is 19.1 Å². The van der Waals surface area contributed by atoms with E-state index in [0.717, 1.165) is 36.1 Å². The average Bonchev–Trinajstić information content (AvgIpc) is 3.16. The zero-order valence-electron chi connectivity index (χ0n) is 18.4. The molecule has 1 saturated heterocycles. The molecular weight excluding hydrogens is 392 g/mol. The molecule has 2 amide bonds. The lowest BCUT2D eigenvalue weighted by Gasteiger charge is -2.17. The fourth-order valence-electron chi connectivity index (χ4n) is 3.67. The van der Waals surface area contributed by atoms with Crippen LogP contribution in [0.2, 0.25) is 0 Å². The van der Waals surface area contributed by atoms with Gasteiger partial charge in [0.1, 0.15) is 0 Å². The Balaban J connectivity index is 1.51. The van der Waals surface area contributed by atoms with E-state index in [2.05, 4.69) is 12.2 Å². The lowest BCUT2D eigenvalue weighted by atomic mass is 10.1. The molecule has 6 heteroatoms. The molecule has 1 aliphatic heterocycles. The molecule has 0 saturated carbocycles. The summed E-state index contributed by atoms with van der Waals surface area (Å²) in [6, 6.07) is 13.5. The topological polar surface area (TPSA) is 75.7 Å². The predicted molar refractivity (Wildman–Crippen MR) is 121 cm³/mol. The quantitative estimate of drug-likeness (QED) is 0.648. The highest BCUT2D eigenvalue weighted by Crippen LogP contribution is 2.26. The summed E-state index contributed by atoms with van der Waals surface area (Å²) < 4.78 is 5.20. The van der Waals surface area contributed by atoms with E-state index in [-0.39, 0.29) is 25.5 Å². The van der Waals surface area contributed by atoms with Crippen molar-refractivity contribution in [2.24, 2.45) is 5.92 Å². The molecule has 0 radical (unpaired) electrons. The minimum Gasteiger partial charge on any atom is -0.455 e. The minimum atomic E-state index is -0.569. The number of carbonyl (C=O) groups is 3.